The summed E-state index contributed by atoms with van der Waals surface area (Å²) in [7, 11) is -7.85. The van der Waals surface area contributed by atoms with Gasteiger partial charge in [-0.25, -0.2) is 31.5 Å². The van der Waals surface area contributed by atoms with Crippen LogP contribution in [0, 0.1) is 0 Å². The maximum absolute atomic E-state index is 13.1. The number of fused-ring (bicyclic) bond motifs is 4. The summed E-state index contributed by atoms with van der Waals surface area (Å²) in [6, 6.07) is 39.7. The van der Waals surface area contributed by atoms with Crippen LogP contribution in [0.2, 0.25) is 0 Å². The summed E-state index contributed by atoms with van der Waals surface area (Å²) in [6.45, 7) is 0.509. The van der Waals surface area contributed by atoms with E-state index in [9.17, 15) is 36.0 Å². The molecule has 0 spiro atoms. The van der Waals surface area contributed by atoms with E-state index >= 15 is 0 Å². The Hall–Kier alpha value is -8.74. The Bertz CT molecular complexity index is 4060. The van der Waals surface area contributed by atoms with E-state index in [4.69, 9.17) is 0 Å². The molecule has 2 aliphatic rings. The quantitative estimate of drug-likeness (QED) is 0.0905. The highest BCUT2D eigenvalue weighted by atomic mass is 79.9. The van der Waals surface area contributed by atoms with E-state index in [2.05, 4.69) is 62.5 Å². The summed E-state index contributed by atoms with van der Waals surface area (Å²) in [5, 5.41) is 23.0. The maximum atomic E-state index is 13.1. The normalized spacial score (nSPS) is 13.4. The third kappa shape index (κ3) is 11.3. The SMILES string of the molecule is O=C(NCc1cnc(-c2ccc(-n3cccn3)cc2)s1)c1ccc2c(c1)NC(=O)c1ccccc1S2(=O)=O.O=C(NCc1cnc(-c2ccc(Br)cc2)s1)c1ccc2c(c1)NC(=O)c1ccccc1S2(=O)=O.c1cn[nH]c1. The number of aromatic nitrogens is 6. The van der Waals surface area contributed by atoms with E-state index in [0.29, 0.717) is 0 Å². The average molecular weight is 1160 g/mol. The fraction of sp³-hybridized carbons (Fsp3) is 0.0370. The number of thiazole rings is 2. The first kappa shape index (κ1) is 51.7. The largest absolute Gasteiger partial charge is 0.347 e. The molecule has 0 fully saturated rings. The lowest BCUT2D eigenvalue weighted by Crippen LogP contribution is -2.22. The van der Waals surface area contributed by atoms with Gasteiger partial charge in [-0.15, -0.1) is 22.7 Å². The molecular weight excluding hydrogens is 1120 g/mol. The molecule has 12 rings (SSSR count). The maximum Gasteiger partial charge on any atom is 0.257 e. The number of carbonyl (C=O) groups excluding carboxylic acids is 4. The highest BCUT2D eigenvalue weighted by Gasteiger charge is 2.33. The van der Waals surface area contributed by atoms with Gasteiger partial charge in [-0.05, 0) is 109 Å². The molecule has 6 heterocycles. The molecule has 0 saturated carbocycles. The van der Waals surface area contributed by atoms with E-state index in [1.165, 1.54) is 83.3 Å². The highest BCUT2D eigenvalue weighted by molar-refractivity contribution is 9.10. The van der Waals surface area contributed by atoms with Crippen LogP contribution in [0.5, 0.6) is 0 Å². The van der Waals surface area contributed by atoms with Gasteiger partial charge in [-0.1, -0.05) is 52.3 Å². The van der Waals surface area contributed by atoms with Crippen LogP contribution in [0.15, 0.2) is 207 Å². The second-order valence-electron chi connectivity index (χ2n) is 16.7. The van der Waals surface area contributed by atoms with Gasteiger partial charge in [-0.3, -0.25) is 24.3 Å². The van der Waals surface area contributed by atoms with Crippen LogP contribution >= 0.6 is 38.6 Å². The molecular formula is C54H39BrN10O8S4. The monoisotopic (exact) mass is 1160 g/mol. The molecule has 0 atom stereocenters. The van der Waals surface area contributed by atoms with Gasteiger partial charge < -0.3 is 21.3 Å². The lowest BCUT2D eigenvalue weighted by atomic mass is 10.1. The number of carbonyl (C=O) groups is 4. The van der Waals surface area contributed by atoms with Gasteiger partial charge in [0.25, 0.3) is 23.6 Å². The number of sulfone groups is 2. The molecule has 0 unspecified atom stereocenters. The minimum Gasteiger partial charge on any atom is -0.347 e. The van der Waals surface area contributed by atoms with E-state index in [0.717, 1.165) is 41.1 Å². The number of halogens is 1. The minimum atomic E-state index is -3.93. The van der Waals surface area contributed by atoms with Gasteiger partial charge >= 0.3 is 0 Å². The molecule has 4 aromatic heterocycles. The van der Waals surface area contributed by atoms with Crippen LogP contribution in [0.3, 0.4) is 0 Å². The molecule has 0 radical (unpaired) electrons. The van der Waals surface area contributed by atoms with Crippen LogP contribution in [0.25, 0.3) is 26.8 Å². The Morgan fingerprint density at radius 3 is 1.51 bits per heavy atom. The van der Waals surface area contributed by atoms with Gasteiger partial charge in [0.2, 0.25) is 19.7 Å². The second kappa shape index (κ2) is 22.2. The number of hydrogen-bond acceptors (Lipinski definition) is 14. The van der Waals surface area contributed by atoms with Crippen molar-refractivity contribution in [1.82, 2.24) is 40.6 Å². The third-order valence-corrected chi connectivity index (χ3v) is 18.1. The van der Waals surface area contributed by atoms with Crippen molar-refractivity contribution in [2.24, 2.45) is 0 Å². The third-order valence-electron chi connectivity index (χ3n) is 11.7. The molecule has 0 saturated heterocycles. The predicted molar refractivity (Wildman–Crippen MR) is 293 cm³/mol. The number of benzene rings is 6. The standard InChI is InChI=1S/C27H19N5O4S2.C24H16BrN3O4S2.C3H4N2/c33-25(18-8-11-24-22(14-18)31-26(34)21-4-1-2-5-23(21)38(24,35)36)28-15-20-16-29-27(37-20)17-6-9-19(10-7-17)32-13-3-12-30-32;25-16-8-5-14(6-9-16)24-27-13-17(33-24)12-26-22(29)15-7-10-21-19(11-15)28-23(30)18-3-1-2-4-20(18)34(21,31)32;1-2-4-5-3-1/h1-14,16H,15H2,(H,28,33)(H,31,34);1-11,13H,12H2,(H,26,29)(H,28,30);1-3H,(H,4,5). The first-order valence-corrected chi connectivity index (χ1v) is 28.5. The zero-order valence-electron chi connectivity index (χ0n) is 39.7. The average Bonchev–Trinajstić information content (AvgIpc) is 4.34. The Morgan fingerprint density at radius 1 is 0.571 bits per heavy atom. The number of nitrogens with zero attached hydrogens (tertiary/aromatic N) is 5. The van der Waals surface area contributed by atoms with Crippen LogP contribution in [-0.4, -0.2) is 70.4 Å². The molecule has 0 aliphatic carbocycles. The number of hydrogen-bond donors (Lipinski definition) is 5. The number of aromatic amines is 1. The summed E-state index contributed by atoms with van der Waals surface area (Å²) in [6.07, 6.45) is 10.5. The van der Waals surface area contributed by atoms with Crippen LogP contribution < -0.4 is 21.3 Å². The summed E-state index contributed by atoms with van der Waals surface area (Å²) in [5.74, 6) is -1.88. The Balaban J connectivity index is 0.000000161. The van der Waals surface area contributed by atoms with Crippen molar-refractivity contribution in [1.29, 1.82) is 0 Å². The Labute approximate surface area is 456 Å². The van der Waals surface area contributed by atoms with Gasteiger partial charge in [0, 0.05) is 73.7 Å². The van der Waals surface area contributed by atoms with Crippen molar-refractivity contribution in [2.45, 2.75) is 32.7 Å². The van der Waals surface area contributed by atoms with E-state index in [1.54, 1.807) is 59.9 Å². The molecule has 4 amide bonds. The molecule has 6 aromatic carbocycles. The Kier molecular flexibility index (Phi) is 14.9. The molecule has 384 valence electrons. The number of anilines is 2. The second-order valence-corrected chi connectivity index (χ2v) is 23.6. The first-order valence-electron chi connectivity index (χ1n) is 23.1. The number of H-pyrrole nitrogens is 1. The Morgan fingerprint density at radius 2 is 1.06 bits per heavy atom. The molecule has 2 aliphatic heterocycles. The lowest BCUT2D eigenvalue weighted by Gasteiger charge is -2.10. The van der Waals surface area contributed by atoms with Gasteiger partial charge in [-0.2, -0.15) is 10.2 Å². The summed E-state index contributed by atoms with van der Waals surface area (Å²) < 4.78 is 55.2. The topological polar surface area (TPSA) is 257 Å². The number of amides is 4. The zero-order valence-corrected chi connectivity index (χ0v) is 44.6. The molecule has 0 bridgehead atoms. The van der Waals surface area contributed by atoms with Crippen molar-refractivity contribution in [3.8, 4) is 26.8 Å². The summed E-state index contributed by atoms with van der Waals surface area (Å²) >= 11 is 6.34. The minimum absolute atomic E-state index is 0.0519. The molecule has 18 nitrogen and oxygen atoms in total. The fourth-order valence-corrected chi connectivity index (χ4v) is 13.1. The van der Waals surface area contributed by atoms with Gasteiger partial charge in [0.1, 0.15) is 10.0 Å². The lowest BCUT2D eigenvalue weighted by molar-refractivity contribution is 0.0943. The van der Waals surface area contributed by atoms with E-state index < -0.39 is 43.3 Å². The number of rotatable bonds is 9. The molecule has 10 aromatic rings. The van der Waals surface area contributed by atoms with Crippen LogP contribution in [0.1, 0.15) is 51.2 Å². The van der Waals surface area contributed by atoms with Crippen molar-refractivity contribution in [3.63, 3.8) is 0 Å². The van der Waals surface area contributed by atoms with E-state index in [-0.39, 0.29) is 66.3 Å². The molecule has 5 N–H and O–H groups in total. The van der Waals surface area contributed by atoms with Gasteiger partial charge in [0.15, 0.2) is 0 Å². The van der Waals surface area contributed by atoms with Crippen molar-refractivity contribution in [3.05, 3.63) is 219 Å². The molecule has 23 heteroatoms. The van der Waals surface area contributed by atoms with Crippen molar-refractivity contribution >= 4 is 93.3 Å². The zero-order chi connectivity index (χ0) is 53.7. The highest BCUT2D eigenvalue weighted by Crippen LogP contribution is 2.36. The van der Waals surface area contributed by atoms with Crippen molar-refractivity contribution in [2.75, 3.05) is 10.6 Å². The number of nitrogens with one attached hydrogen (secondary N) is 5. The fourth-order valence-electron chi connectivity index (χ4n) is 7.97. The summed E-state index contributed by atoms with van der Waals surface area (Å²) in [5.41, 5.74) is 3.60. The molecule has 77 heavy (non-hydrogen) atoms. The van der Waals surface area contributed by atoms with Crippen LogP contribution in [0.4, 0.5) is 11.4 Å². The summed E-state index contributed by atoms with van der Waals surface area (Å²) in [4.78, 5) is 61.3. The van der Waals surface area contributed by atoms with Crippen LogP contribution in [-0.2, 0) is 32.8 Å². The van der Waals surface area contributed by atoms with Gasteiger partial charge in [0.05, 0.1) is 60.9 Å². The smallest absolute Gasteiger partial charge is 0.257 e. The van der Waals surface area contributed by atoms with E-state index in [1.807, 2.05) is 66.9 Å². The van der Waals surface area contributed by atoms with Crippen molar-refractivity contribution < 1.29 is 36.0 Å². The first-order chi connectivity index (χ1) is 37.2. The predicted octanol–water partition coefficient (Wildman–Crippen LogP) is 9.64.